The van der Waals surface area contributed by atoms with Gasteiger partial charge in [0.25, 0.3) is 0 Å². The van der Waals surface area contributed by atoms with Gasteiger partial charge in [0.05, 0.1) is 12.2 Å². The van der Waals surface area contributed by atoms with E-state index in [0.717, 1.165) is 44.9 Å². The molecule has 20 heavy (non-hydrogen) atoms. The quantitative estimate of drug-likeness (QED) is 0.660. The number of rotatable bonds is 9. The lowest BCUT2D eigenvalue weighted by Crippen LogP contribution is -2.42. The molecular formula is C16H30N2O2. The fourth-order valence-corrected chi connectivity index (χ4v) is 2.87. The van der Waals surface area contributed by atoms with E-state index in [4.69, 9.17) is 4.74 Å². The molecule has 2 aliphatic rings. The van der Waals surface area contributed by atoms with E-state index in [2.05, 4.69) is 26.1 Å². The van der Waals surface area contributed by atoms with Gasteiger partial charge >= 0.3 is 0 Å². The number of hydrogen-bond acceptors (Lipinski definition) is 3. The largest absolute Gasteiger partial charge is 0.381 e. The summed E-state index contributed by atoms with van der Waals surface area (Å²) in [5.41, 5.74) is 0. The summed E-state index contributed by atoms with van der Waals surface area (Å²) in [5, 5.41) is 3.50. The molecular weight excluding hydrogens is 252 g/mol. The average molecular weight is 282 g/mol. The molecule has 0 aromatic rings. The van der Waals surface area contributed by atoms with Crippen LogP contribution in [0.3, 0.4) is 0 Å². The van der Waals surface area contributed by atoms with Crippen LogP contribution < -0.4 is 5.32 Å². The Balaban J connectivity index is 1.74. The molecule has 116 valence electrons. The fraction of sp³-hybridized carbons (Fsp3) is 0.938. The van der Waals surface area contributed by atoms with Crippen molar-refractivity contribution in [2.45, 2.75) is 65.1 Å². The van der Waals surface area contributed by atoms with Crippen molar-refractivity contribution in [2.24, 2.45) is 11.8 Å². The van der Waals surface area contributed by atoms with Crippen molar-refractivity contribution < 1.29 is 9.53 Å². The van der Waals surface area contributed by atoms with Crippen molar-refractivity contribution in [3.63, 3.8) is 0 Å². The molecule has 4 heteroatoms. The van der Waals surface area contributed by atoms with Gasteiger partial charge in [0.1, 0.15) is 0 Å². The normalized spacial score (nSPS) is 26.8. The molecule has 0 aromatic heterocycles. The summed E-state index contributed by atoms with van der Waals surface area (Å²) in [4.78, 5) is 14.4. The number of hydrogen-bond donors (Lipinski definition) is 1. The Morgan fingerprint density at radius 2 is 2.15 bits per heavy atom. The maximum Gasteiger partial charge on any atom is 0.241 e. The summed E-state index contributed by atoms with van der Waals surface area (Å²) in [5.74, 6) is 1.56. The first-order valence-corrected chi connectivity index (χ1v) is 8.27. The summed E-state index contributed by atoms with van der Waals surface area (Å²) >= 11 is 0. The van der Waals surface area contributed by atoms with E-state index < -0.39 is 0 Å². The van der Waals surface area contributed by atoms with Crippen LogP contribution in [0.4, 0.5) is 0 Å². The first kappa shape index (κ1) is 15.8. The predicted octanol–water partition coefficient (Wildman–Crippen LogP) is 2.39. The first-order chi connectivity index (χ1) is 9.63. The second-order valence-corrected chi connectivity index (χ2v) is 6.60. The third kappa shape index (κ3) is 4.19. The Morgan fingerprint density at radius 3 is 2.75 bits per heavy atom. The van der Waals surface area contributed by atoms with Crippen molar-refractivity contribution >= 4 is 5.91 Å². The minimum Gasteiger partial charge on any atom is -0.381 e. The molecule has 0 aromatic carbocycles. The highest BCUT2D eigenvalue weighted by atomic mass is 16.5. The van der Waals surface area contributed by atoms with Gasteiger partial charge in [0.2, 0.25) is 5.91 Å². The second kappa shape index (κ2) is 7.41. The van der Waals surface area contributed by atoms with Crippen molar-refractivity contribution in [1.29, 1.82) is 0 Å². The van der Waals surface area contributed by atoms with Gasteiger partial charge in [-0.05, 0) is 37.5 Å². The summed E-state index contributed by atoms with van der Waals surface area (Å²) in [6.45, 7) is 9.00. The van der Waals surface area contributed by atoms with Gasteiger partial charge < -0.3 is 9.64 Å². The van der Waals surface area contributed by atoms with Gasteiger partial charge in [0, 0.05) is 19.8 Å². The topological polar surface area (TPSA) is 41.6 Å². The number of amides is 1. The van der Waals surface area contributed by atoms with Crippen LogP contribution in [0.5, 0.6) is 0 Å². The van der Waals surface area contributed by atoms with Crippen LogP contribution in [0.1, 0.15) is 52.9 Å². The highest BCUT2D eigenvalue weighted by Gasteiger charge is 2.38. The maximum atomic E-state index is 12.4. The van der Waals surface area contributed by atoms with Crippen LogP contribution in [0.2, 0.25) is 0 Å². The zero-order valence-electron chi connectivity index (χ0n) is 13.2. The minimum atomic E-state index is 0.0276. The lowest BCUT2D eigenvalue weighted by Gasteiger charge is -2.27. The van der Waals surface area contributed by atoms with Gasteiger partial charge in [-0.15, -0.1) is 0 Å². The van der Waals surface area contributed by atoms with Gasteiger partial charge in [-0.3, -0.25) is 10.1 Å². The zero-order chi connectivity index (χ0) is 14.5. The molecule has 0 spiro atoms. The van der Waals surface area contributed by atoms with Crippen molar-refractivity contribution in [2.75, 3.05) is 19.8 Å². The van der Waals surface area contributed by atoms with Crippen molar-refractivity contribution in [1.82, 2.24) is 10.2 Å². The number of nitrogens with zero attached hydrogens (tertiary/aromatic N) is 1. The third-order valence-electron chi connectivity index (χ3n) is 4.24. The summed E-state index contributed by atoms with van der Waals surface area (Å²) in [7, 11) is 0. The molecule has 1 heterocycles. The molecule has 2 unspecified atom stereocenters. The van der Waals surface area contributed by atoms with Crippen molar-refractivity contribution in [3.05, 3.63) is 0 Å². The number of ether oxygens (including phenoxy) is 1. The molecule has 1 aliphatic heterocycles. The summed E-state index contributed by atoms with van der Waals surface area (Å²) < 4.78 is 5.66. The van der Waals surface area contributed by atoms with Crippen LogP contribution in [-0.2, 0) is 9.53 Å². The van der Waals surface area contributed by atoms with Gasteiger partial charge in [-0.2, -0.15) is 0 Å². The lowest BCUT2D eigenvalue weighted by atomic mass is 10.1. The molecule has 0 radical (unpaired) electrons. The highest BCUT2D eigenvalue weighted by molar-refractivity contribution is 5.84. The van der Waals surface area contributed by atoms with Crippen molar-refractivity contribution in [3.8, 4) is 0 Å². The minimum absolute atomic E-state index is 0.0276. The Kier molecular flexibility index (Phi) is 5.85. The van der Waals surface area contributed by atoms with E-state index in [1.54, 1.807) is 0 Å². The molecule has 1 aliphatic carbocycles. The number of carbonyl (C=O) groups is 1. The van der Waals surface area contributed by atoms with Crippen LogP contribution >= 0.6 is 0 Å². The van der Waals surface area contributed by atoms with E-state index in [1.165, 1.54) is 12.8 Å². The first-order valence-electron chi connectivity index (χ1n) is 8.27. The smallest absolute Gasteiger partial charge is 0.241 e. The Bertz CT molecular complexity index is 316. The molecule has 2 fully saturated rings. The highest BCUT2D eigenvalue weighted by Crippen LogP contribution is 2.28. The fourth-order valence-electron chi connectivity index (χ4n) is 2.87. The van der Waals surface area contributed by atoms with Crippen LogP contribution in [0, 0.1) is 11.8 Å². The zero-order valence-corrected chi connectivity index (χ0v) is 13.2. The van der Waals surface area contributed by atoms with E-state index >= 15 is 0 Å². The molecule has 2 atom stereocenters. The molecule has 1 saturated heterocycles. The lowest BCUT2D eigenvalue weighted by molar-refractivity contribution is -0.130. The second-order valence-electron chi connectivity index (χ2n) is 6.60. The van der Waals surface area contributed by atoms with Crippen LogP contribution in [0.15, 0.2) is 0 Å². The Morgan fingerprint density at radius 1 is 1.40 bits per heavy atom. The van der Waals surface area contributed by atoms with Gasteiger partial charge in [-0.1, -0.05) is 27.2 Å². The standard InChI is InChI=1S/C16H30N2O2/c1-4-6-14-16(19)18(15(17-14)12(2)3)9-5-10-20-11-13-7-8-13/h12-15,17H,4-11H2,1-3H3. The number of carbonyl (C=O) groups excluding carboxylic acids is 1. The van der Waals surface area contributed by atoms with Gasteiger partial charge in [-0.25, -0.2) is 0 Å². The third-order valence-corrected chi connectivity index (χ3v) is 4.24. The van der Waals surface area contributed by atoms with E-state index in [0.29, 0.717) is 5.92 Å². The van der Waals surface area contributed by atoms with Gasteiger partial charge in [0.15, 0.2) is 0 Å². The monoisotopic (exact) mass is 282 g/mol. The molecule has 4 nitrogen and oxygen atoms in total. The Labute approximate surface area is 123 Å². The molecule has 0 bridgehead atoms. The van der Waals surface area contributed by atoms with Crippen LogP contribution in [0.25, 0.3) is 0 Å². The Hall–Kier alpha value is -0.610. The summed E-state index contributed by atoms with van der Waals surface area (Å²) in [6, 6.07) is 0.0276. The number of nitrogens with one attached hydrogen (secondary N) is 1. The molecule has 1 saturated carbocycles. The predicted molar refractivity (Wildman–Crippen MR) is 80.3 cm³/mol. The van der Waals surface area contributed by atoms with E-state index in [-0.39, 0.29) is 18.1 Å². The van der Waals surface area contributed by atoms with Crippen LogP contribution in [-0.4, -0.2) is 42.8 Å². The average Bonchev–Trinajstić information content (AvgIpc) is 3.17. The van der Waals surface area contributed by atoms with E-state index in [9.17, 15) is 4.79 Å². The summed E-state index contributed by atoms with van der Waals surface area (Å²) in [6.07, 6.45) is 5.80. The molecule has 2 rings (SSSR count). The SMILES string of the molecule is CCCC1NC(C(C)C)N(CCCOCC2CC2)C1=O. The molecule has 1 amide bonds. The molecule has 1 N–H and O–H groups in total. The maximum absolute atomic E-state index is 12.4. The van der Waals surface area contributed by atoms with E-state index in [1.807, 2.05) is 4.90 Å².